The third kappa shape index (κ3) is 4.58. The van der Waals surface area contributed by atoms with Crippen LogP contribution in [0.5, 0.6) is 0 Å². The highest BCUT2D eigenvalue weighted by atomic mass is 32.2. The van der Waals surface area contributed by atoms with Crippen LogP contribution in [0.2, 0.25) is 5.04 Å². The van der Waals surface area contributed by atoms with Crippen LogP contribution in [0, 0.1) is 11.3 Å². The van der Waals surface area contributed by atoms with E-state index >= 15 is 0 Å². The summed E-state index contributed by atoms with van der Waals surface area (Å²) in [6.07, 6.45) is 4.43. The highest BCUT2D eigenvalue weighted by molar-refractivity contribution is 7.86. The van der Waals surface area contributed by atoms with Crippen LogP contribution in [-0.4, -0.2) is 46.4 Å². The van der Waals surface area contributed by atoms with Gasteiger partial charge in [-0.25, -0.2) is 4.79 Å². The van der Waals surface area contributed by atoms with Gasteiger partial charge in [0.1, 0.15) is 0 Å². The molecule has 0 spiro atoms. The summed E-state index contributed by atoms with van der Waals surface area (Å²) in [5.41, 5.74) is -1.48. The van der Waals surface area contributed by atoms with Crippen molar-refractivity contribution in [2.45, 2.75) is 49.7 Å². The van der Waals surface area contributed by atoms with Gasteiger partial charge in [0, 0.05) is 15.8 Å². The topological polar surface area (TPSA) is 118 Å². The maximum Gasteiger partial charge on any atom is 0.331 e. The Labute approximate surface area is 180 Å². The summed E-state index contributed by atoms with van der Waals surface area (Å²) in [4.78, 5) is 21.6. The Hall–Kier alpha value is -2.23. The minimum atomic E-state index is -3.64. The molecule has 2 aliphatic rings. The Kier molecular flexibility index (Phi) is 6.51. The maximum atomic E-state index is 12.1. The fourth-order valence-electron chi connectivity index (χ4n) is 3.45. The number of hydrogen-bond acceptors (Lipinski definition) is 5. The minimum absolute atomic E-state index is 0.0359. The van der Waals surface area contributed by atoms with Crippen LogP contribution in [0.15, 0.2) is 59.0 Å². The Bertz CT molecular complexity index is 997. The van der Waals surface area contributed by atoms with E-state index in [1.54, 1.807) is 30.3 Å². The quantitative estimate of drug-likeness (QED) is 0.520. The lowest BCUT2D eigenvalue weighted by molar-refractivity contribution is -0.145. The molecule has 2 aliphatic carbocycles. The molecule has 2 N–H and O–H groups in total. The van der Waals surface area contributed by atoms with Crippen LogP contribution in [-0.2, 0) is 23.9 Å². The molecule has 0 aliphatic heterocycles. The van der Waals surface area contributed by atoms with E-state index in [9.17, 15) is 18.0 Å². The number of carboxylic acids is 2. The van der Waals surface area contributed by atoms with Gasteiger partial charge in [0.05, 0.1) is 15.9 Å². The lowest BCUT2D eigenvalue weighted by Crippen LogP contribution is -2.28. The molecule has 0 aromatic heterocycles. The van der Waals surface area contributed by atoms with E-state index < -0.39 is 33.1 Å². The van der Waals surface area contributed by atoms with Crippen molar-refractivity contribution < 1.29 is 32.4 Å². The van der Waals surface area contributed by atoms with Crippen LogP contribution in [0.4, 0.5) is 0 Å². The first-order valence-electron chi connectivity index (χ1n) is 9.53. The van der Waals surface area contributed by atoms with E-state index in [1.165, 1.54) is 25.2 Å². The zero-order valence-electron chi connectivity index (χ0n) is 17.7. The van der Waals surface area contributed by atoms with Gasteiger partial charge in [-0.1, -0.05) is 50.3 Å². The second-order valence-electron chi connectivity index (χ2n) is 8.66. The summed E-state index contributed by atoms with van der Waals surface area (Å²) in [6.45, 7) is 7.53. The first-order valence-corrected chi connectivity index (χ1v) is 11.9. The summed E-state index contributed by atoms with van der Waals surface area (Å²) in [5.74, 6) is -1.77. The summed E-state index contributed by atoms with van der Waals surface area (Å²) in [5, 5.41) is 17.5. The highest BCUT2D eigenvalue weighted by Gasteiger charge is 2.68. The molecule has 0 bridgehead atoms. The predicted molar refractivity (Wildman–Crippen MR) is 116 cm³/mol. The van der Waals surface area contributed by atoms with E-state index in [4.69, 9.17) is 14.4 Å². The average Bonchev–Trinajstić information content (AvgIpc) is 3.04. The van der Waals surface area contributed by atoms with Gasteiger partial charge in [0.25, 0.3) is 10.1 Å². The van der Waals surface area contributed by atoms with Crippen LogP contribution in [0.25, 0.3) is 0 Å². The molecule has 9 heteroatoms. The van der Waals surface area contributed by atoms with Crippen LogP contribution >= 0.6 is 0 Å². The Morgan fingerprint density at radius 3 is 2.10 bits per heavy atom. The van der Waals surface area contributed by atoms with Gasteiger partial charge in [-0.2, -0.15) is 8.42 Å². The van der Waals surface area contributed by atoms with Gasteiger partial charge in [0.2, 0.25) is 0 Å². The summed E-state index contributed by atoms with van der Waals surface area (Å²) in [7, 11) is -2.71. The number of carbonyl (C=O) groups is 2. The van der Waals surface area contributed by atoms with Gasteiger partial charge in [-0.3, -0.25) is 8.98 Å². The van der Waals surface area contributed by atoms with Gasteiger partial charge >= 0.3 is 11.9 Å². The van der Waals surface area contributed by atoms with E-state index in [2.05, 4.69) is 6.92 Å². The van der Waals surface area contributed by atoms with Crippen molar-refractivity contribution in [2.24, 2.45) is 11.3 Å². The molecule has 0 radical (unpaired) electrons. The number of allylic oxidation sites excluding steroid dienone is 2. The zero-order chi connectivity index (χ0) is 23.0. The summed E-state index contributed by atoms with van der Waals surface area (Å²) >= 11 is 0. The number of benzene rings is 1. The molecule has 164 valence electrons. The molecule has 1 aromatic rings. The third-order valence-corrected chi connectivity index (χ3v) is 9.78. The standard InChI is InChI=1S/C12H18O3SSi.C9H10O4/c1-9-11(2,12(9,3)17)15-16(13,14)10-7-5-4-6-8-10;1-9(8(12)13)4-2-3-6(5-9)7(10)11/h4-9H,1-3,17H3;2-4H,5H2,1H3,(H,10,11)(H,12,13). The predicted octanol–water partition coefficient (Wildman–Crippen LogP) is 2.39. The van der Waals surface area contributed by atoms with Crippen molar-refractivity contribution in [3.63, 3.8) is 0 Å². The second kappa shape index (κ2) is 8.13. The van der Waals surface area contributed by atoms with Crippen LogP contribution in [0.1, 0.15) is 34.1 Å². The van der Waals surface area contributed by atoms with Crippen molar-refractivity contribution in [1.29, 1.82) is 0 Å². The molecule has 30 heavy (non-hydrogen) atoms. The largest absolute Gasteiger partial charge is 0.481 e. The van der Waals surface area contributed by atoms with Crippen molar-refractivity contribution in [3.8, 4) is 0 Å². The monoisotopic (exact) mass is 452 g/mol. The molecule has 1 aromatic carbocycles. The van der Waals surface area contributed by atoms with Crippen molar-refractivity contribution in [3.05, 3.63) is 54.1 Å². The summed E-state index contributed by atoms with van der Waals surface area (Å²) < 4.78 is 29.7. The number of rotatable bonds is 5. The highest BCUT2D eigenvalue weighted by Crippen LogP contribution is 2.68. The molecule has 0 heterocycles. The SMILES string of the molecule is CC1(C(=O)O)C=CC=C(C(=O)O)C1.CC1C(C)([SiH3])C1(C)OS(=O)(=O)c1ccccc1. The molecule has 1 saturated carbocycles. The lowest BCUT2D eigenvalue weighted by atomic mass is 9.80. The molecule has 0 amide bonds. The maximum absolute atomic E-state index is 12.1. The van der Waals surface area contributed by atoms with Crippen molar-refractivity contribution in [2.75, 3.05) is 0 Å². The molecule has 1 fully saturated rings. The van der Waals surface area contributed by atoms with Crippen molar-refractivity contribution >= 4 is 32.3 Å². The molecule has 7 nitrogen and oxygen atoms in total. The first-order chi connectivity index (χ1) is 13.7. The fourth-order valence-corrected chi connectivity index (χ4v) is 5.95. The van der Waals surface area contributed by atoms with Gasteiger partial charge < -0.3 is 10.2 Å². The molecule has 3 rings (SSSR count). The van der Waals surface area contributed by atoms with Gasteiger partial charge in [-0.05, 0) is 43.4 Å². The molecule has 4 unspecified atom stereocenters. The van der Waals surface area contributed by atoms with Crippen molar-refractivity contribution in [1.82, 2.24) is 0 Å². The lowest BCUT2D eigenvalue weighted by Gasteiger charge is -2.23. The van der Waals surface area contributed by atoms with Gasteiger partial charge in [-0.15, -0.1) is 0 Å². The molecule has 0 saturated heterocycles. The van der Waals surface area contributed by atoms with E-state index in [0.717, 1.165) is 10.2 Å². The Balaban J connectivity index is 0.000000222. The number of hydrogen-bond donors (Lipinski definition) is 2. The smallest absolute Gasteiger partial charge is 0.331 e. The zero-order valence-corrected chi connectivity index (χ0v) is 20.6. The van der Waals surface area contributed by atoms with Crippen LogP contribution < -0.4 is 0 Å². The van der Waals surface area contributed by atoms with E-state index in [0.29, 0.717) is 5.92 Å². The Morgan fingerprint density at radius 1 is 1.13 bits per heavy atom. The van der Waals surface area contributed by atoms with Crippen LogP contribution in [0.3, 0.4) is 0 Å². The number of aliphatic carboxylic acids is 2. The van der Waals surface area contributed by atoms with E-state index in [-0.39, 0.29) is 21.9 Å². The third-order valence-electron chi connectivity index (χ3n) is 6.50. The Morgan fingerprint density at radius 2 is 1.67 bits per heavy atom. The molecular weight excluding hydrogens is 424 g/mol. The second-order valence-corrected chi connectivity index (χ2v) is 12.3. The van der Waals surface area contributed by atoms with Gasteiger partial charge in [0.15, 0.2) is 0 Å². The number of carboxylic acid groups (broad SMARTS) is 2. The average molecular weight is 453 g/mol. The fraction of sp³-hybridized carbons (Fsp3) is 0.429. The molecule has 4 atom stereocenters. The summed E-state index contributed by atoms with van der Waals surface area (Å²) in [6, 6.07) is 8.33. The molecular formula is C21H28O7SSi. The normalized spacial score (nSPS) is 32.5. The van der Waals surface area contributed by atoms with E-state index in [1.807, 2.05) is 13.8 Å². The minimum Gasteiger partial charge on any atom is -0.481 e. The first kappa shape index (κ1) is 24.0.